The normalized spacial score (nSPS) is 10.4. The number of rotatable bonds is 3. The van der Waals surface area contributed by atoms with Gasteiger partial charge in [-0.3, -0.25) is 4.79 Å². The maximum absolute atomic E-state index is 12.3. The zero-order valence-electron chi connectivity index (χ0n) is 10.6. The second kappa shape index (κ2) is 5.01. The van der Waals surface area contributed by atoms with Gasteiger partial charge in [-0.2, -0.15) is 4.73 Å². The summed E-state index contributed by atoms with van der Waals surface area (Å²) in [6.45, 7) is 0. The Morgan fingerprint density at radius 1 is 0.950 bits per heavy atom. The molecule has 0 bridgehead atoms. The minimum atomic E-state index is -0.310. The predicted molar refractivity (Wildman–Crippen MR) is 74.7 cm³/mol. The molecule has 0 atom stereocenters. The molecule has 0 radical (unpaired) electrons. The summed E-state index contributed by atoms with van der Waals surface area (Å²) in [5, 5.41) is 10.1. The zero-order chi connectivity index (χ0) is 13.9. The molecular formula is C16H12N2O2. The van der Waals surface area contributed by atoms with Gasteiger partial charge in [-0.05, 0) is 0 Å². The molecule has 1 heterocycles. The molecule has 1 N–H and O–H groups in total. The van der Waals surface area contributed by atoms with Crippen LogP contribution in [0.3, 0.4) is 0 Å². The lowest BCUT2D eigenvalue weighted by Crippen LogP contribution is -2.10. The largest absolute Gasteiger partial charge is 0.426 e. The topological polar surface area (TPSA) is 55.1 Å². The summed E-state index contributed by atoms with van der Waals surface area (Å²) in [6.07, 6.45) is 1.49. The number of imidazole rings is 1. The first kappa shape index (κ1) is 12.2. The Bertz CT molecular complexity index is 734. The Labute approximate surface area is 115 Å². The molecule has 0 fully saturated rings. The van der Waals surface area contributed by atoms with Crippen molar-refractivity contribution in [3.05, 3.63) is 78.2 Å². The Morgan fingerprint density at radius 2 is 1.55 bits per heavy atom. The first-order chi connectivity index (χ1) is 9.77. The summed E-state index contributed by atoms with van der Waals surface area (Å²) >= 11 is 0. The molecule has 0 amide bonds. The molecule has 0 aliphatic rings. The van der Waals surface area contributed by atoms with Crippen LogP contribution in [0.5, 0.6) is 0 Å². The highest BCUT2D eigenvalue weighted by molar-refractivity contribution is 6.06. The molecule has 2 aromatic carbocycles. The van der Waals surface area contributed by atoms with Gasteiger partial charge in [-0.15, -0.1) is 0 Å². The minimum Gasteiger partial charge on any atom is -0.426 e. The van der Waals surface area contributed by atoms with E-state index in [1.807, 2.05) is 36.4 Å². The second-order valence-corrected chi connectivity index (χ2v) is 4.34. The van der Waals surface area contributed by atoms with Crippen molar-refractivity contribution in [2.24, 2.45) is 0 Å². The summed E-state index contributed by atoms with van der Waals surface area (Å²) in [5.41, 5.74) is 1.78. The van der Waals surface area contributed by atoms with Crippen molar-refractivity contribution >= 4 is 5.78 Å². The maximum Gasteiger partial charge on any atom is 0.231 e. The fourth-order valence-corrected chi connectivity index (χ4v) is 2.02. The Balaban J connectivity index is 2.01. The van der Waals surface area contributed by atoms with E-state index in [0.29, 0.717) is 11.3 Å². The van der Waals surface area contributed by atoms with Crippen molar-refractivity contribution in [3.8, 4) is 11.3 Å². The summed E-state index contributed by atoms with van der Waals surface area (Å²) in [7, 11) is 0. The third kappa shape index (κ3) is 2.07. The lowest BCUT2D eigenvalue weighted by atomic mass is 10.1. The van der Waals surface area contributed by atoms with Crippen LogP contribution in [0.1, 0.15) is 16.2 Å². The molecule has 4 nitrogen and oxygen atoms in total. The monoisotopic (exact) mass is 264 g/mol. The summed E-state index contributed by atoms with van der Waals surface area (Å²) in [6, 6.07) is 18.1. The highest BCUT2D eigenvalue weighted by Crippen LogP contribution is 2.20. The lowest BCUT2D eigenvalue weighted by Gasteiger charge is -2.03. The van der Waals surface area contributed by atoms with Crippen LogP contribution in [0.15, 0.2) is 66.9 Å². The van der Waals surface area contributed by atoms with Crippen LogP contribution in [-0.2, 0) is 0 Å². The van der Waals surface area contributed by atoms with Crippen molar-refractivity contribution in [3.63, 3.8) is 0 Å². The summed E-state index contributed by atoms with van der Waals surface area (Å²) in [4.78, 5) is 16.3. The van der Waals surface area contributed by atoms with Crippen LogP contribution in [0.2, 0.25) is 0 Å². The van der Waals surface area contributed by atoms with Gasteiger partial charge in [0, 0.05) is 11.1 Å². The van der Waals surface area contributed by atoms with E-state index < -0.39 is 0 Å². The Kier molecular flexibility index (Phi) is 3.05. The van der Waals surface area contributed by atoms with E-state index in [1.165, 1.54) is 6.20 Å². The van der Waals surface area contributed by atoms with Crippen molar-refractivity contribution < 1.29 is 10.0 Å². The molecule has 0 spiro atoms. The number of nitrogens with zero attached hydrogens (tertiary/aromatic N) is 2. The van der Waals surface area contributed by atoms with E-state index in [4.69, 9.17) is 0 Å². The second-order valence-electron chi connectivity index (χ2n) is 4.34. The fourth-order valence-electron chi connectivity index (χ4n) is 2.02. The van der Waals surface area contributed by atoms with Gasteiger partial charge in [0.05, 0.1) is 6.20 Å². The van der Waals surface area contributed by atoms with Gasteiger partial charge in [0.1, 0.15) is 5.69 Å². The van der Waals surface area contributed by atoms with Gasteiger partial charge in [0.25, 0.3) is 0 Å². The Morgan fingerprint density at radius 3 is 2.20 bits per heavy atom. The maximum atomic E-state index is 12.3. The standard InChI is InChI=1S/C16H12N2O2/c19-15(13-9-5-2-6-10-13)16-17-11-14(18(16)20)12-7-3-1-4-8-12/h1-11,20H. The summed E-state index contributed by atoms with van der Waals surface area (Å²) in [5.74, 6) is -0.301. The number of carbonyl (C=O) groups is 1. The third-order valence-corrected chi connectivity index (χ3v) is 3.05. The molecule has 1 aromatic heterocycles. The molecule has 20 heavy (non-hydrogen) atoms. The molecule has 3 rings (SSSR count). The fraction of sp³-hybridized carbons (Fsp3) is 0. The minimum absolute atomic E-state index is 0.00931. The van der Waals surface area contributed by atoms with Crippen LogP contribution >= 0.6 is 0 Å². The van der Waals surface area contributed by atoms with Crippen molar-refractivity contribution in [2.45, 2.75) is 0 Å². The van der Waals surface area contributed by atoms with Gasteiger partial charge in [-0.25, -0.2) is 4.98 Å². The average Bonchev–Trinajstić information content (AvgIpc) is 2.90. The first-order valence-corrected chi connectivity index (χ1v) is 6.19. The van der Waals surface area contributed by atoms with Crippen LogP contribution < -0.4 is 0 Å². The van der Waals surface area contributed by atoms with Crippen molar-refractivity contribution in [1.29, 1.82) is 0 Å². The molecule has 0 saturated carbocycles. The van der Waals surface area contributed by atoms with Gasteiger partial charge in [0.2, 0.25) is 11.6 Å². The number of carbonyl (C=O) groups excluding carboxylic acids is 1. The first-order valence-electron chi connectivity index (χ1n) is 6.19. The van der Waals surface area contributed by atoms with Crippen LogP contribution in [-0.4, -0.2) is 20.7 Å². The zero-order valence-corrected chi connectivity index (χ0v) is 10.6. The highest BCUT2D eigenvalue weighted by atomic mass is 16.5. The average molecular weight is 264 g/mol. The molecule has 0 saturated heterocycles. The molecule has 0 aliphatic carbocycles. The van der Waals surface area contributed by atoms with Crippen molar-refractivity contribution in [1.82, 2.24) is 9.71 Å². The van der Waals surface area contributed by atoms with Gasteiger partial charge >= 0.3 is 0 Å². The molecule has 0 aliphatic heterocycles. The van der Waals surface area contributed by atoms with E-state index in [2.05, 4.69) is 4.98 Å². The number of ketones is 1. The van der Waals surface area contributed by atoms with Crippen LogP contribution in [0.25, 0.3) is 11.3 Å². The van der Waals surface area contributed by atoms with E-state index in [0.717, 1.165) is 10.3 Å². The summed E-state index contributed by atoms with van der Waals surface area (Å²) < 4.78 is 0.838. The highest BCUT2D eigenvalue weighted by Gasteiger charge is 2.18. The number of benzene rings is 2. The van der Waals surface area contributed by atoms with E-state index >= 15 is 0 Å². The molecule has 4 heteroatoms. The van der Waals surface area contributed by atoms with E-state index in [-0.39, 0.29) is 11.6 Å². The number of hydrogen-bond donors (Lipinski definition) is 1. The SMILES string of the molecule is O=C(c1ccccc1)c1ncc(-c2ccccc2)n1O. The van der Waals surface area contributed by atoms with E-state index in [9.17, 15) is 10.0 Å². The molecule has 3 aromatic rings. The van der Waals surface area contributed by atoms with Crippen molar-refractivity contribution in [2.75, 3.05) is 0 Å². The quantitative estimate of drug-likeness (QED) is 0.584. The molecule has 98 valence electrons. The van der Waals surface area contributed by atoms with Crippen LogP contribution in [0.4, 0.5) is 0 Å². The van der Waals surface area contributed by atoms with E-state index in [1.54, 1.807) is 24.3 Å². The number of aromatic nitrogens is 2. The Hall–Kier alpha value is -2.88. The smallest absolute Gasteiger partial charge is 0.231 e. The predicted octanol–water partition coefficient (Wildman–Crippen LogP) is 3.02. The lowest BCUT2D eigenvalue weighted by molar-refractivity contribution is 0.0979. The van der Waals surface area contributed by atoms with Gasteiger partial charge in [-0.1, -0.05) is 60.7 Å². The molecule has 0 unspecified atom stereocenters. The molecular weight excluding hydrogens is 252 g/mol. The van der Waals surface area contributed by atoms with Gasteiger partial charge < -0.3 is 5.21 Å². The van der Waals surface area contributed by atoms with Crippen LogP contribution in [0, 0.1) is 0 Å². The third-order valence-electron chi connectivity index (χ3n) is 3.05. The number of hydrogen-bond acceptors (Lipinski definition) is 3. The van der Waals surface area contributed by atoms with Gasteiger partial charge in [0.15, 0.2) is 0 Å².